The first kappa shape index (κ1) is 14.2. The third-order valence-corrected chi connectivity index (χ3v) is 3.04. The number of ether oxygens (including phenoxy) is 2. The molecule has 0 aliphatic rings. The van der Waals surface area contributed by atoms with Crippen molar-refractivity contribution in [2.45, 2.75) is 6.10 Å². The van der Waals surface area contributed by atoms with Crippen molar-refractivity contribution >= 4 is 6.08 Å². The van der Waals surface area contributed by atoms with Crippen LogP contribution in [0.2, 0.25) is 0 Å². The zero-order valence-electron chi connectivity index (χ0n) is 11.6. The van der Waals surface area contributed by atoms with E-state index in [2.05, 4.69) is 0 Å². The van der Waals surface area contributed by atoms with Crippen LogP contribution >= 0.6 is 0 Å². The van der Waals surface area contributed by atoms with E-state index in [0.717, 1.165) is 22.6 Å². The minimum absolute atomic E-state index is 0.636. The van der Waals surface area contributed by atoms with Crippen LogP contribution in [0, 0.1) is 0 Å². The Morgan fingerprint density at radius 2 is 1.35 bits per heavy atom. The second-order valence-electron chi connectivity index (χ2n) is 4.35. The van der Waals surface area contributed by atoms with Gasteiger partial charge in [0.1, 0.15) is 11.5 Å². The average molecular weight is 270 g/mol. The number of hydrogen-bond donors (Lipinski definition) is 1. The minimum Gasteiger partial charge on any atom is -0.497 e. The van der Waals surface area contributed by atoms with Gasteiger partial charge in [0, 0.05) is 0 Å². The number of benzene rings is 2. The van der Waals surface area contributed by atoms with E-state index in [0.29, 0.717) is 0 Å². The summed E-state index contributed by atoms with van der Waals surface area (Å²) in [6.07, 6.45) is 3.00. The van der Waals surface area contributed by atoms with E-state index >= 15 is 0 Å². The maximum Gasteiger partial charge on any atom is 0.118 e. The Hall–Kier alpha value is -2.26. The normalized spacial score (nSPS) is 12.3. The predicted octanol–water partition coefficient (Wildman–Crippen LogP) is 3.45. The second kappa shape index (κ2) is 6.78. The monoisotopic (exact) mass is 270 g/mol. The third kappa shape index (κ3) is 3.62. The summed E-state index contributed by atoms with van der Waals surface area (Å²) in [5, 5.41) is 10.1. The summed E-state index contributed by atoms with van der Waals surface area (Å²) in [4.78, 5) is 0. The van der Waals surface area contributed by atoms with E-state index in [1.165, 1.54) is 0 Å². The van der Waals surface area contributed by atoms with Crippen LogP contribution in [-0.2, 0) is 0 Å². The molecule has 3 nitrogen and oxygen atoms in total. The van der Waals surface area contributed by atoms with Crippen molar-refractivity contribution in [3.05, 3.63) is 65.7 Å². The Balaban J connectivity index is 2.04. The van der Waals surface area contributed by atoms with Gasteiger partial charge in [-0.2, -0.15) is 0 Å². The Kier molecular flexibility index (Phi) is 4.80. The van der Waals surface area contributed by atoms with Gasteiger partial charge in [-0.25, -0.2) is 0 Å². The summed E-state index contributed by atoms with van der Waals surface area (Å²) in [7, 11) is 3.26. The fourth-order valence-corrected chi connectivity index (χ4v) is 1.83. The Morgan fingerprint density at radius 3 is 1.85 bits per heavy atom. The van der Waals surface area contributed by atoms with Crippen LogP contribution in [0.3, 0.4) is 0 Å². The molecule has 2 aromatic rings. The van der Waals surface area contributed by atoms with E-state index in [9.17, 15) is 5.11 Å². The van der Waals surface area contributed by atoms with Crippen LogP contribution in [0.4, 0.5) is 0 Å². The fraction of sp³-hybridized carbons (Fsp3) is 0.176. The Bertz CT molecular complexity index is 556. The van der Waals surface area contributed by atoms with Gasteiger partial charge >= 0.3 is 0 Å². The van der Waals surface area contributed by atoms with Crippen LogP contribution in [0.15, 0.2) is 54.6 Å². The molecule has 1 N–H and O–H groups in total. The van der Waals surface area contributed by atoms with Crippen molar-refractivity contribution in [1.82, 2.24) is 0 Å². The lowest BCUT2D eigenvalue weighted by atomic mass is 10.1. The molecular formula is C17H18O3. The highest BCUT2D eigenvalue weighted by molar-refractivity contribution is 5.51. The molecule has 0 saturated carbocycles. The van der Waals surface area contributed by atoms with Gasteiger partial charge in [-0.15, -0.1) is 0 Å². The minimum atomic E-state index is -0.636. The van der Waals surface area contributed by atoms with Gasteiger partial charge in [0.25, 0.3) is 0 Å². The lowest BCUT2D eigenvalue weighted by Crippen LogP contribution is -1.93. The van der Waals surface area contributed by atoms with Crippen LogP contribution in [-0.4, -0.2) is 19.3 Å². The molecule has 0 aliphatic heterocycles. The maximum atomic E-state index is 10.1. The molecule has 0 bridgehead atoms. The molecule has 0 spiro atoms. The molecule has 0 fully saturated rings. The van der Waals surface area contributed by atoms with Crippen molar-refractivity contribution in [3.8, 4) is 11.5 Å². The van der Waals surface area contributed by atoms with E-state index < -0.39 is 6.10 Å². The largest absolute Gasteiger partial charge is 0.497 e. The summed E-state index contributed by atoms with van der Waals surface area (Å²) in [6.45, 7) is 0. The van der Waals surface area contributed by atoms with Crippen molar-refractivity contribution in [2.24, 2.45) is 0 Å². The molecule has 3 heteroatoms. The molecule has 104 valence electrons. The predicted molar refractivity (Wildman–Crippen MR) is 80.0 cm³/mol. The number of aliphatic hydroxyl groups excluding tert-OH is 1. The average Bonchev–Trinajstić information content (AvgIpc) is 2.53. The molecule has 1 atom stereocenters. The number of hydrogen-bond acceptors (Lipinski definition) is 3. The number of methoxy groups -OCH3 is 2. The number of aliphatic hydroxyl groups is 1. The van der Waals surface area contributed by atoms with Gasteiger partial charge in [-0.3, -0.25) is 0 Å². The maximum absolute atomic E-state index is 10.1. The standard InChI is InChI=1S/C17H18O3/c1-19-15-8-3-13(4-9-15)5-12-17(18)14-6-10-16(20-2)11-7-14/h3-12,17-18H,1-2H3/b12-5+. The highest BCUT2D eigenvalue weighted by atomic mass is 16.5. The molecule has 2 aromatic carbocycles. The van der Waals surface area contributed by atoms with Gasteiger partial charge in [-0.1, -0.05) is 36.4 Å². The zero-order chi connectivity index (χ0) is 14.4. The molecule has 0 amide bonds. The first-order valence-corrected chi connectivity index (χ1v) is 6.37. The lowest BCUT2D eigenvalue weighted by molar-refractivity contribution is 0.229. The smallest absolute Gasteiger partial charge is 0.118 e. The highest BCUT2D eigenvalue weighted by Gasteiger charge is 2.03. The van der Waals surface area contributed by atoms with Gasteiger partial charge in [0.2, 0.25) is 0 Å². The van der Waals surface area contributed by atoms with Crippen LogP contribution < -0.4 is 9.47 Å². The molecule has 2 rings (SSSR count). The first-order chi connectivity index (χ1) is 9.72. The van der Waals surface area contributed by atoms with Crippen LogP contribution in [0.25, 0.3) is 6.08 Å². The summed E-state index contributed by atoms with van der Waals surface area (Å²) in [6, 6.07) is 15.0. The molecule has 20 heavy (non-hydrogen) atoms. The summed E-state index contributed by atoms with van der Waals surface area (Å²) < 4.78 is 10.2. The van der Waals surface area contributed by atoms with E-state index in [-0.39, 0.29) is 0 Å². The van der Waals surface area contributed by atoms with E-state index in [4.69, 9.17) is 9.47 Å². The zero-order valence-corrected chi connectivity index (χ0v) is 11.6. The Morgan fingerprint density at radius 1 is 0.850 bits per heavy atom. The van der Waals surface area contributed by atoms with Gasteiger partial charge in [0.15, 0.2) is 0 Å². The number of rotatable bonds is 5. The third-order valence-electron chi connectivity index (χ3n) is 3.04. The fourth-order valence-electron chi connectivity index (χ4n) is 1.83. The van der Waals surface area contributed by atoms with E-state index in [1.807, 2.05) is 54.6 Å². The van der Waals surface area contributed by atoms with Gasteiger partial charge in [0.05, 0.1) is 20.3 Å². The summed E-state index contributed by atoms with van der Waals surface area (Å²) >= 11 is 0. The summed E-state index contributed by atoms with van der Waals surface area (Å²) in [5.74, 6) is 1.60. The molecule has 0 saturated heterocycles. The molecule has 1 unspecified atom stereocenters. The molecule has 0 heterocycles. The lowest BCUT2D eigenvalue weighted by Gasteiger charge is -2.07. The van der Waals surface area contributed by atoms with Crippen LogP contribution in [0.1, 0.15) is 17.2 Å². The van der Waals surface area contributed by atoms with Crippen molar-refractivity contribution in [3.63, 3.8) is 0 Å². The molecule has 0 aromatic heterocycles. The van der Waals surface area contributed by atoms with Gasteiger partial charge < -0.3 is 14.6 Å². The van der Waals surface area contributed by atoms with Gasteiger partial charge in [-0.05, 0) is 35.4 Å². The topological polar surface area (TPSA) is 38.7 Å². The second-order valence-corrected chi connectivity index (χ2v) is 4.35. The first-order valence-electron chi connectivity index (χ1n) is 6.37. The highest BCUT2D eigenvalue weighted by Crippen LogP contribution is 2.20. The molecule has 0 radical (unpaired) electrons. The molecule has 0 aliphatic carbocycles. The molecular weight excluding hydrogens is 252 g/mol. The SMILES string of the molecule is COc1ccc(/C=C/C(O)c2ccc(OC)cc2)cc1. The van der Waals surface area contributed by atoms with Crippen molar-refractivity contribution in [1.29, 1.82) is 0 Å². The van der Waals surface area contributed by atoms with Crippen LogP contribution in [0.5, 0.6) is 11.5 Å². The van der Waals surface area contributed by atoms with Crippen molar-refractivity contribution in [2.75, 3.05) is 14.2 Å². The quantitative estimate of drug-likeness (QED) is 0.904. The summed E-state index contributed by atoms with van der Waals surface area (Å²) in [5.41, 5.74) is 1.84. The Labute approximate surface area is 119 Å². The van der Waals surface area contributed by atoms with E-state index in [1.54, 1.807) is 20.3 Å². The van der Waals surface area contributed by atoms with Crippen molar-refractivity contribution < 1.29 is 14.6 Å².